The fourth-order valence-electron chi connectivity index (χ4n) is 1.80. The van der Waals surface area contributed by atoms with Crippen molar-refractivity contribution in [2.45, 2.75) is 51.8 Å². The molecule has 0 radical (unpaired) electrons. The summed E-state index contributed by atoms with van der Waals surface area (Å²) in [6.45, 7) is 7.74. The van der Waals surface area contributed by atoms with E-state index in [2.05, 4.69) is 20.8 Å². The van der Waals surface area contributed by atoms with Crippen molar-refractivity contribution in [3.8, 4) is 11.5 Å². The molecule has 0 heterocycles. The summed E-state index contributed by atoms with van der Waals surface area (Å²) in [5.41, 5.74) is 1.11. The number of rotatable bonds is 9. The SMILES string of the molecule is CCCOc1ccc(C(Cl)CCC)cc1OCCC. The average molecular weight is 285 g/mol. The molecule has 1 unspecified atom stereocenters. The van der Waals surface area contributed by atoms with E-state index in [-0.39, 0.29) is 5.38 Å². The Labute approximate surface area is 122 Å². The quantitative estimate of drug-likeness (QED) is 0.570. The summed E-state index contributed by atoms with van der Waals surface area (Å²) in [6, 6.07) is 6.03. The molecule has 0 aliphatic heterocycles. The van der Waals surface area contributed by atoms with Crippen LogP contribution in [0.2, 0.25) is 0 Å². The van der Waals surface area contributed by atoms with E-state index in [1.807, 2.05) is 18.2 Å². The molecule has 0 bridgehead atoms. The molecular formula is C16H25ClO2. The fraction of sp³-hybridized carbons (Fsp3) is 0.625. The van der Waals surface area contributed by atoms with Gasteiger partial charge in [0.1, 0.15) is 0 Å². The maximum absolute atomic E-state index is 6.37. The molecule has 3 heteroatoms. The lowest BCUT2D eigenvalue weighted by Crippen LogP contribution is -2.02. The molecule has 19 heavy (non-hydrogen) atoms. The molecule has 0 aliphatic rings. The first-order valence-corrected chi connectivity index (χ1v) is 7.70. The lowest BCUT2D eigenvalue weighted by molar-refractivity contribution is 0.268. The van der Waals surface area contributed by atoms with Gasteiger partial charge in [0.05, 0.1) is 18.6 Å². The van der Waals surface area contributed by atoms with Gasteiger partial charge in [0, 0.05) is 0 Å². The Hall–Kier alpha value is -0.890. The highest BCUT2D eigenvalue weighted by atomic mass is 35.5. The molecular weight excluding hydrogens is 260 g/mol. The number of halogens is 1. The van der Waals surface area contributed by atoms with E-state index in [9.17, 15) is 0 Å². The molecule has 1 aromatic carbocycles. The molecule has 1 aromatic rings. The van der Waals surface area contributed by atoms with Crippen molar-refractivity contribution >= 4 is 11.6 Å². The third-order valence-electron chi connectivity index (χ3n) is 2.79. The fourth-order valence-corrected chi connectivity index (χ4v) is 2.15. The van der Waals surface area contributed by atoms with Crippen molar-refractivity contribution in [1.29, 1.82) is 0 Å². The Morgan fingerprint density at radius 3 is 2.16 bits per heavy atom. The van der Waals surface area contributed by atoms with Crippen LogP contribution in [0.5, 0.6) is 11.5 Å². The van der Waals surface area contributed by atoms with Gasteiger partial charge in [-0.1, -0.05) is 33.3 Å². The minimum atomic E-state index is 0.0502. The number of hydrogen-bond acceptors (Lipinski definition) is 2. The number of alkyl halides is 1. The van der Waals surface area contributed by atoms with E-state index in [0.717, 1.165) is 42.7 Å². The van der Waals surface area contributed by atoms with E-state index in [0.29, 0.717) is 13.2 Å². The van der Waals surface area contributed by atoms with Crippen LogP contribution < -0.4 is 9.47 Å². The van der Waals surface area contributed by atoms with E-state index in [4.69, 9.17) is 21.1 Å². The van der Waals surface area contributed by atoms with Gasteiger partial charge in [0.15, 0.2) is 11.5 Å². The topological polar surface area (TPSA) is 18.5 Å². The normalized spacial score (nSPS) is 12.2. The third kappa shape index (κ3) is 5.32. The van der Waals surface area contributed by atoms with Crippen LogP contribution in [0.4, 0.5) is 0 Å². The van der Waals surface area contributed by atoms with Crippen LogP contribution in [-0.2, 0) is 0 Å². The van der Waals surface area contributed by atoms with Crippen molar-refractivity contribution in [3.63, 3.8) is 0 Å². The first-order valence-electron chi connectivity index (χ1n) is 7.26. The van der Waals surface area contributed by atoms with E-state index >= 15 is 0 Å². The molecule has 0 aliphatic carbocycles. The summed E-state index contributed by atoms with van der Waals surface area (Å²) < 4.78 is 11.5. The summed E-state index contributed by atoms with van der Waals surface area (Å²) in [5.74, 6) is 1.63. The van der Waals surface area contributed by atoms with Gasteiger partial charge in [-0.3, -0.25) is 0 Å². The third-order valence-corrected chi connectivity index (χ3v) is 3.27. The Morgan fingerprint density at radius 2 is 1.58 bits per heavy atom. The van der Waals surface area contributed by atoms with Crippen molar-refractivity contribution in [3.05, 3.63) is 23.8 Å². The minimum Gasteiger partial charge on any atom is -0.490 e. The van der Waals surface area contributed by atoms with Gasteiger partial charge in [-0.2, -0.15) is 0 Å². The highest BCUT2D eigenvalue weighted by Gasteiger charge is 2.12. The molecule has 0 N–H and O–H groups in total. The second kappa shape index (κ2) is 9.08. The first-order chi connectivity index (χ1) is 9.22. The van der Waals surface area contributed by atoms with Gasteiger partial charge >= 0.3 is 0 Å². The largest absolute Gasteiger partial charge is 0.490 e. The molecule has 0 amide bonds. The van der Waals surface area contributed by atoms with Crippen LogP contribution >= 0.6 is 11.6 Å². The summed E-state index contributed by atoms with van der Waals surface area (Å²) in [7, 11) is 0. The molecule has 1 atom stereocenters. The summed E-state index contributed by atoms with van der Waals surface area (Å²) in [5, 5.41) is 0.0502. The van der Waals surface area contributed by atoms with Gasteiger partial charge in [-0.05, 0) is 37.0 Å². The molecule has 0 spiro atoms. The predicted molar refractivity (Wildman–Crippen MR) is 81.5 cm³/mol. The van der Waals surface area contributed by atoms with Gasteiger partial charge in [0.25, 0.3) is 0 Å². The lowest BCUT2D eigenvalue weighted by Gasteiger charge is -2.15. The van der Waals surface area contributed by atoms with Crippen molar-refractivity contribution in [2.24, 2.45) is 0 Å². The standard InChI is InChI=1S/C16H25ClO2/c1-4-7-14(17)13-8-9-15(18-10-5-2)16(12-13)19-11-6-3/h8-9,12,14H,4-7,10-11H2,1-3H3. The van der Waals surface area contributed by atoms with Crippen LogP contribution in [0, 0.1) is 0 Å². The van der Waals surface area contributed by atoms with Gasteiger partial charge in [-0.25, -0.2) is 0 Å². The minimum absolute atomic E-state index is 0.0502. The summed E-state index contributed by atoms with van der Waals surface area (Å²) >= 11 is 6.37. The van der Waals surface area contributed by atoms with E-state index in [1.54, 1.807) is 0 Å². The first kappa shape index (κ1) is 16.2. The smallest absolute Gasteiger partial charge is 0.161 e. The maximum atomic E-state index is 6.37. The van der Waals surface area contributed by atoms with Crippen LogP contribution in [0.15, 0.2) is 18.2 Å². The Morgan fingerprint density at radius 1 is 0.947 bits per heavy atom. The number of benzene rings is 1. The molecule has 2 nitrogen and oxygen atoms in total. The highest BCUT2D eigenvalue weighted by Crippen LogP contribution is 2.34. The highest BCUT2D eigenvalue weighted by molar-refractivity contribution is 6.20. The average Bonchev–Trinajstić information content (AvgIpc) is 2.43. The molecule has 0 saturated heterocycles. The Balaban J connectivity index is 2.86. The van der Waals surface area contributed by atoms with Crippen molar-refractivity contribution in [1.82, 2.24) is 0 Å². The predicted octanol–water partition coefficient (Wildman–Crippen LogP) is 5.34. The molecule has 0 aromatic heterocycles. The molecule has 108 valence electrons. The molecule has 0 fully saturated rings. The Bertz CT molecular complexity index is 366. The zero-order valence-corrected chi connectivity index (χ0v) is 13.0. The van der Waals surface area contributed by atoms with Gasteiger partial charge < -0.3 is 9.47 Å². The van der Waals surface area contributed by atoms with Crippen LogP contribution in [-0.4, -0.2) is 13.2 Å². The van der Waals surface area contributed by atoms with Gasteiger partial charge in [0.2, 0.25) is 0 Å². The summed E-state index contributed by atoms with van der Waals surface area (Å²) in [6.07, 6.45) is 4.02. The van der Waals surface area contributed by atoms with Crippen LogP contribution in [0.25, 0.3) is 0 Å². The van der Waals surface area contributed by atoms with E-state index < -0.39 is 0 Å². The van der Waals surface area contributed by atoms with Crippen molar-refractivity contribution < 1.29 is 9.47 Å². The van der Waals surface area contributed by atoms with Gasteiger partial charge in [-0.15, -0.1) is 11.6 Å². The van der Waals surface area contributed by atoms with E-state index in [1.165, 1.54) is 0 Å². The number of ether oxygens (including phenoxy) is 2. The molecule has 0 saturated carbocycles. The summed E-state index contributed by atoms with van der Waals surface area (Å²) in [4.78, 5) is 0. The van der Waals surface area contributed by atoms with Crippen molar-refractivity contribution in [2.75, 3.05) is 13.2 Å². The lowest BCUT2D eigenvalue weighted by atomic mass is 10.1. The maximum Gasteiger partial charge on any atom is 0.161 e. The second-order valence-electron chi connectivity index (χ2n) is 4.66. The second-order valence-corrected chi connectivity index (χ2v) is 5.19. The zero-order valence-electron chi connectivity index (χ0n) is 12.2. The van der Waals surface area contributed by atoms with Crippen LogP contribution in [0.1, 0.15) is 57.4 Å². The monoisotopic (exact) mass is 284 g/mol. The molecule has 1 rings (SSSR count). The van der Waals surface area contributed by atoms with Crippen LogP contribution in [0.3, 0.4) is 0 Å². The number of hydrogen-bond donors (Lipinski definition) is 0. The zero-order chi connectivity index (χ0) is 14.1. The Kier molecular flexibility index (Phi) is 7.73.